The minimum Gasteiger partial charge on any atom is -0.424 e. The second-order valence-electron chi connectivity index (χ2n) is 8.50. The number of fused-ring (bicyclic) bond motifs is 1. The highest BCUT2D eigenvalue weighted by atomic mass is 16.4. The molecule has 1 atom stereocenters. The van der Waals surface area contributed by atoms with Crippen molar-refractivity contribution in [1.82, 2.24) is 14.8 Å². The number of nitrogens with zero attached hydrogens (tertiary/aromatic N) is 5. The third kappa shape index (κ3) is 4.75. The van der Waals surface area contributed by atoms with Gasteiger partial charge in [-0.3, -0.25) is 9.69 Å². The smallest absolute Gasteiger partial charge is 0.236 e. The van der Waals surface area contributed by atoms with E-state index in [-0.39, 0.29) is 5.91 Å². The van der Waals surface area contributed by atoms with E-state index >= 15 is 0 Å². The molecule has 2 aliphatic rings. The number of amides is 1. The number of carbonyl (C=O) groups excluding carboxylic acids is 1. The van der Waals surface area contributed by atoms with Gasteiger partial charge in [-0.2, -0.15) is 5.26 Å². The molecule has 1 aromatic carbocycles. The second-order valence-corrected chi connectivity index (χ2v) is 8.50. The van der Waals surface area contributed by atoms with Crippen LogP contribution in [0.5, 0.6) is 0 Å². The van der Waals surface area contributed by atoms with E-state index in [1.807, 2.05) is 9.80 Å². The van der Waals surface area contributed by atoms with Gasteiger partial charge in [-0.1, -0.05) is 31.2 Å². The van der Waals surface area contributed by atoms with E-state index in [0.717, 1.165) is 32.2 Å². The van der Waals surface area contributed by atoms with Gasteiger partial charge in [-0.25, -0.2) is 4.98 Å². The normalized spacial score (nSPS) is 18.7. The zero-order valence-electron chi connectivity index (χ0n) is 18.5. The number of hydrogen-bond acceptors (Lipinski definition) is 6. The standard InChI is InChI=1S/C24H31N5O2/c1-3-10-29(21-9-8-19-6-4-5-7-20(19)15-21)17-23(30)27-11-13-28(14-12-27)24-22(16-25)26-18(2)31-24/h4-7,21H,3,8-15,17H2,1-2H3. The van der Waals surface area contributed by atoms with E-state index in [2.05, 4.69) is 47.1 Å². The summed E-state index contributed by atoms with van der Waals surface area (Å²) in [5.41, 5.74) is 3.21. The summed E-state index contributed by atoms with van der Waals surface area (Å²) < 4.78 is 5.63. The SMILES string of the molecule is CCCN(CC(=O)N1CCN(c2oc(C)nc2C#N)CC1)C1CCc2ccccc2C1. The van der Waals surface area contributed by atoms with Crippen LogP contribution in [0.1, 0.15) is 42.5 Å². The lowest BCUT2D eigenvalue weighted by Gasteiger charge is -2.38. The molecule has 0 N–H and O–H groups in total. The van der Waals surface area contributed by atoms with E-state index in [1.165, 1.54) is 11.1 Å². The Labute approximate surface area is 184 Å². The first-order valence-electron chi connectivity index (χ1n) is 11.3. The zero-order valence-corrected chi connectivity index (χ0v) is 18.5. The van der Waals surface area contributed by atoms with Gasteiger partial charge in [-0.05, 0) is 43.4 Å². The summed E-state index contributed by atoms with van der Waals surface area (Å²) in [6.45, 7) is 7.93. The van der Waals surface area contributed by atoms with Crippen LogP contribution in [-0.2, 0) is 17.6 Å². The lowest BCUT2D eigenvalue weighted by Crippen LogP contribution is -2.53. The summed E-state index contributed by atoms with van der Waals surface area (Å²) in [6, 6.07) is 11.2. The summed E-state index contributed by atoms with van der Waals surface area (Å²) in [5, 5.41) is 9.27. The molecule has 1 amide bonds. The van der Waals surface area contributed by atoms with Gasteiger partial charge in [0.25, 0.3) is 0 Å². The Balaban J connectivity index is 1.35. The number of anilines is 1. The Morgan fingerprint density at radius 2 is 2.00 bits per heavy atom. The predicted octanol–water partition coefficient (Wildman–Crippen LogP) is 2.77. The topological polar surface area (TPSA) is 76.6 Å². The lowest BCUT2D eigenvalue weighted by molar-refractivity contribution is -0.133. The van der Waals surface area contributed by atoms with Crippen LogP contribution in [0, 0.1) is 18.3 Å². The van der Waals surface area contributed by atoms with Crippen molar-refractivity contribution >= 4 is 11.8 Å². The Hall–Kier alpha value is -2.85. The molecule has 1 fully saturated rings. The van der Waals surface area contributed by atoms with Crippen LogP contribution in [0.3, 0.4) is 0 Å². The van der Waals surface area contributed by atoms with E-state index in [1.54, 1.807) is 6.92 Å². The average molecular weight is 422 g/mol. The minimum absolute atomic E-state index is 0.196. The second kappa shape index (κ2) is 9.52. The van der Waals surface area contributed by atoms with Crippen LogP contribution in [0.4, 0.5) is 5.88 Å². The Kier molecular flexibility index (Phi) is 6.57. The quantitative estimate of drug-likeness (QED) is 0.714. The number of hydrogen-bond donors (Lipinski definition) is 0. The van der Waals surface area contributed by atoms with Crippen LogP contribution in [0.2, 0.25) is 0 Å². The molecule has 31 heavy (non-hydrogen) atoms. The highest BCUT2D eigenvalue weighted by molar-refractivity contribution is 5.78. The van der Waals surface area contributed by atoms with E-state index in [9.17, 15) is 10.1 Å². The summed E-state index contributed by atoms with van der Waals surface area (Å²) in [6.07, 6.45) is 4.27. The molecule has 1 aromatic heterocycles. The summed E-state index contributed by atoms with van der Waals surface area (Å²) in [7, 11) is 0. The maximum absolute atomic E-state index is 13.1. The fraction of sp³-hybridized carbons (Fsp3) is 0.542. The van der Waals surface area contributed by atoms with E-state index < -0.39 is 0 Å². The van der Waals surface area contributed by atoms with Gasteiger partial charge in [0.1, 0.15) is 6.07 Å². The van der Waals surface area contributed by atoms with E-state index in [4.69, 9.17) is 4.42 Å². The molecule has 0 radical (unpaired) electrons. The van der Waals surface area contributed by atoms with Crippen molar-refractivity contribution in [3.63, 3.8) is 0 Å². The van der Waals surface area contributed by atoms with Crippen molar-refractivity contribution in [2.45, 2.75) is 45.6 Å². The molecule has 7 heteroatoms. The fourth-order valence-corrected chi connectivity index (χ4v) is 4.80. The molecule has 0 bridgehead atoms. The first-order valence-corrected chi connectivity index (χ1v) is 11.3. The van der Waals surface area contributed by atoms with Gasteiger partial charge < -0.3 is 14.2 Å². The largest absolute Gasteiger partial charge is 0.424 e. The fourth-order valence-electron chi connectivity index (χ4n) is 4.80. The molecular weight excluding hydrogens is 390 g/mol. The maximum Gasteiger partial charge on any atom is 0.236 e. The molecule has 1 saturated heterocycles. The third-order valence-electron chi connectivity index (χ3n) is 6.43. The highest BCUT2D eigenvalue weighted by Gasteiger charge is 2.29. The molecule has 1 aliphatic heterocycles. The van der Waals surface area contributed by atoms with Crippen molar-refractivity contribution in [1.29, 1.82) is 5.26 Å². The molecule has 2 heterocycles. The zero-order chi connectivity index (χ0) is 21.8. The lowest BCUT2D eigenvalue weighted by atomic mass is 9.87. The molecule has 1 aliphatic carbocycles. The molecule has 2 aromatic rings. The summed E-state index contributed by atoms with van der Waals surface area (Å²) in [4.78, 5) is 23.6. The predicted molar refractivity (Wildman–Crippen MR) is 119 cm³/mol. The van der Waals surface area contributed by atoms with Crippen LogP contribution >= 0.6 is 0 Å². The summed E-state index contributed by atoms with van der Waals surface area (Å²) in [5.74, 6) is 1.22. The highest BCUT2D eigenvalue weighted by Crippen LogP contribution is 2.25. The molecular formula is C24H31N5O2. The van der Waals surface area contributed by atoms with Gasteiger partial charge in [-0.15, -0.1) is 0 Å². The maximum atomic E-state index is 13.1. The molecule has 1 unspecified atom stereocenters. The van der Waals surface area contributed by atoms with Crippen molar-refractivity contribution in [2.24, 2.45) is 0 Å². The van der Waals surface area contributed by atoms with Crippen LogP contribution in [0.15, 0.2) is 28.7 Å². The van der Waals surface area contributed by atoms with Crippen LogP contribution in [0.25, 0.3) is 0 Å². The molecule has 4 rings (SSSR count). The van der Waals surface area contributed by atoms with Gasteiger partial charge in [0.05, 0.1) is 6.54 Å². The number of aryl methyl sites for hydroxylation is 2. The molecule has 164 valence electrons. The monoisotopic (exact) mass is 421 g/mol. The Morgan fingerprint density at radius 3 is 2.71 bits per heavy atom. The van der Waals surface area contributed by atoms with Crippen molar-refractivity contribution in [2.75, 3.05) is 44.2 Å². The number of rotatable bonds is 6. The van der Waals surface area contributed by atoms with Gasteiger partial charge >= 0.3 is 0 Å². The summed E-state index contributed by atoms with van der Waals surface area (Å²) >= 11 is 0. The number of nitriles is 1. The van der Waals surface area contributed by atoms with Gasteiger partial charge in [0.15, 0.2) is 5.89 Å². The van der Waals surface area contributed by atoms with Gasteiger partial charge in [0, 0.05) is 39.1 Å². The first kappa shape index (κ1) is 21.4. The first-order chi connectivity index (χ1) is 15.1. The number of benzene rings is 1. The molecule has 7 nitrogen and oxygen atoms in total. The number of piperazine rings is 1. The molecule has 0 spiro atoms. The molecule has 0 saturated carbocycles. The Bertz CT molecular complexity index is 955. The number of oxazole rings is 1. The van der Waals surface area contributed by atoms with Crippen molar-refractivity contribution < 1.29 is 9.21 Å². The number of carbonyl (C=O) groups is 1. The average Bonchev–Trinajstić information content (AvgIpc) is 3.19. The van der Waals surface area contributed by atoms with Gasteiger partial charge in [0.2, 0.25) is 17.5 Å². The van der Waals surface area contributed by atoms with Crippen LogP contribution in [-0.4, -0.2) is 66.0 Å². The van der Waals surface area contributed by atoms with Crippen LogP contribution < -0.4 is 4.90 Å². The van der Waals surface area contributed by atoms with Crippen molar-refractivity contribution in [3.8, 4) is 6.07 Å². The minimum atomic E-state index is 0.196. The Morgan fingerprint density at radius 1 is 1.26 bits per heavy atom. The van der Waals surface area contributed by atoms with Crippen molar-refractivity contribution in [3.05, 3.63) is 47.0 Å². The van der Waals surface area contributed by atoms with E-state index in [0.29, 0.717) is 56.2 Å². The number of aromatic nitrogens is 1. The third-order valence-corrected chi connectivity index (χ3v) is 6.43.